The van der Waals surface area contributed by atoms with Crippen molar-refractivity contribution in [2.75, 3.05) is 5.75 Å². The summed E-state index contributed by atoms with van der Waals surface area (Å²) in [4.78, 5) is 23.8. The summed E-state index contributed by atoms with van der Waals surface area (Å²) >= 11 is 4.81. The Hall–Kier alpha value is -1.01. The molecule has 1 aliphatic rings. The lowest BCUT2D eigenvalue weighted by molar-refractivity contribution is -0.140. The number of hydrogen-bond donors (Lipinski definition) is 2. The number of carboxylic acids is 1. The van der Waals surface area contributed by atoms with Crippen LogP contribution in [0, 0.1) is 0 Å². The second kappa shape index (κ2) is 6.63. The van der Waals surface area contributed by atoms with Crippen LogP contribution >= 0.6 is 27.7 Å². The van der Waals surface area contributed by atoms with Gasteiger partial charge in [-0.25, -0.2) is 0 Å². The predicted octanol–water partition coefficient (Wildman–Crippen LogP) is 3.05. The first-order chi connectivity index (χ1) is 9.49. The number of carboxylic acid groups (broad SMARTS) is 1. The quantitative estimate of drug-likeness (QED) is 0.767. The average molecular weight is 358 g/mol. The summed E-state index contributed by atoms with van der Waals surface area (Å²) in [6, 6.07) is 7.74. The summed E-state index contributed by atoms with van der Waals surface area (Å²) in [7, 11) is 0. The van der Waals surface area contributed by atoms with E-state index in [-0.39, 0.29) is 12.3 Å². The maximum absolute atomic E-state index is 11.9. The third-order valence-corrected chi connectivity index (χ3v) is 4.93. The summed E-state index contributed by atoms with van der Waals surface area (Å²) in [5.74, 6) is -0.646. The first-order valence-corrected chi connectivity index (χ1v) is 8.18. The number of aliphatic carboxylic acids is 1. The van der Waals surface area contributed by atoms with Crippen LogP contribution in [-0.2, 0) is 9.59 Å². The van der Waals surface area contributed by atoms with E-state index in [1.54, 1.807) is 0 Å². The van der Waals surface area contributed by atoms with E-state index in [2.05, 4.69) is 21.2 Å². The molecule has 0 unspecified atom stereocenters. The van der Waals surface area contributed by atoms with Crippen LogP contribution < -0.4 is 5.32 Å². The molecule has 0 aliphatic heterocycles. The van der Waals surface area contributed by atoms with Crippen LogP contribution in [0.15, 0.2) is 33.6 Å². The minimum absolute atomic E-state index is 0.0156. The molecule has 0 bridgehead atoms. The van der Waals surface area contributed by atoms with Gasteiger partial charge in [0.1, 0.15) is 0 Å². The van der Waals surface area contributed by atoms with Gasteiger partial charge in [-0.15, -0.1) is 11.8 Å². The Morgan fingerprint density at radius 2 is 1.95 bits per heavy atom. The highest BCUT2D eigenvalue weighted by Crippen LogP contribution is 2.35. The summed E-state index contributed by atoms with van der Waals surface area (Å²) in [6.45, 7) is 0. The van der Waals surface area contributed by atoms with Gasteiger partial charge in [-0.05, 0) is 43.5 Å². The van der Waals surface area contributed by atoms with E-state index in [9.17, 15) is 9.59 Å². The molecule has 0 atom stereocenters. The normalized spacial score (nSPS) is 16.2. The molecule has 1 saturated carbocycles. The maximum atomic E-state index is 11.9. The summed E-state index contributed by atoms with van der Waals surface area (Å²) < 4.78 is 1.00. The van der Waals surface area contributed by atoms with Gasteiger partial charge in [0, 0.05) is 9.37 Å². The van der Waals surface area contributed by atoms with Crippen molar-refractivity contribution in [2.24, 2.45) is 0 Å². The van der Waals surface area contributed by atoms with E-state index in [4.69, 9.17) is 5.11 Å². The van der Waals surface area contributed by atoms with Crippen molar-refractivity contribution < 1.29 is 14.7 Å². The van der Waals surface area contributed by atoms with Crippen molar-refractivity contribution in [3.05, 3.63) is 28.7 Å². The van der Waals surface area contributed by atoms with Crippen molar-refractivity contribution in [1.82, 2.24) is 5.32 Å². The lowest BCUT2D eigenvalue weighted by Gasteiger charge is -2.41. The summed E-state index contributed by atoms with van der Waals surface area (Å²) in [5, 5.41) is 11.8. The van der Waals surface area contributed by atoms with Crippen LogP contribution in [-0.4, -0.2) is 28.3 Å². The second-order valence-electron chi connectivity index (χ2n) is 5.00. The minimum Gasteiger partial charge on any atom is -0.481 e. The topological polar surface area (TPSA) is 66.4 Å². The largest absolute Gasteiger partial charge is 0.481 e. The van der Waals surface area contributed by atoms with Crippen molar-refractivity contribution in [1.29, 1.82) is 0 Å². The summed E-state index contributed by atoms with van der Waals surface area (Å²) in [5.41, 5.74) is -0.511. The zero-order chi connectivity index (χ0) is 14.6. The molecule has 20 heavy (non-hydrogen) atoms. The van der Waals surface area contributed by atoms with Gasteiger partial charge >= 0.3 is 5.97 Å². The zero-order valence-corrected chi connectivity index (χ0v) is 13.3. The van der Waals surface area contributed by atoms with Crippen LogP contribution in [0.1, 0.15) is 25.7 Å². The molecule has 1 amide bonds. The van der Waals surface area contributed by atoms with Gasteiger partial charge in [-0.2, -0.15) is 0 Å². The highest BCUT2D eigenvalue weighted by Gasteiger charge is 2.40. The Morgan fingerprint density at radius 1 is 1.30 bits per heavy atom. The Balaban J connectivity index is 1.83. The maximum Gasteiger partial charge on any atom is 0.305 e. The lowest BCUT2D eigenvalue weighted by Crippen LogP contribution is -2.55. The average Bonchev–Trinajstić information content (AvgIpc) is 2.35. The molecule has 1 aliphatic carbocycles. The Morgan fingerprint density at radius 3 is 2.45 bits per heavy atom. The third-order valence-electron chi connectivity index (χ3n) is 3.39. The van der Waals surface area contributed by atoms with Gasteiger partial charge in [0.2, 0.25) is 5.91 Å². The minimum atomic E-state index is -0.856. The van der Waals surface area contributed by atoms with Crippen molar-refractivity contribution in [3.63, 3.8) is 0 Å². The molecule has 0 radical (unpaired) electrons. The number of benzene rings is 1. The number of hydrogen-bond acceptors (Lipinski definition) is 3. The van der Waals surface area contributed by atoms with Gasteiger partial charge in [0.05, 0.1) is 17.7 Å². The molecule has 0 heterocycles. The van der Waals surface area contributed by atoms with E-state index < -0.39 is 11.5 Å². The van der Waals surface area contributed by atoms with Gasteiger partial charge in [0.15, 0.2) is 0 Å². The Kier molecular flexibility index (Phi) is 5.10. The third kappa shape index (κ3) is 4.24. The molecular weight excluding hydrogens is 342 g/mol. The first kappa shape index (κ1) is 15.4. The van der Waals surface area contributed by atoms with Gasteiger partial charge in [-0.3, -0.25) is 9.59 Å². The summed E-state index contributed by atoms with van der Waals surface area (Å²) in [6.07, 6.45) is 2.51. The molecular formula is C14H16BrNO3S. The van der Waals surface area contributed by atoms with Gasteiger partial charge in [-0.1, -0.05) is 15.9 Å². The fourth-order valence-corrected chi connectivity index (χ4v) is 3.21. The monoisotopic (exact) mass is 357 g/mol. The molecule has 6 heteroatoms. The molecule has 1 aromatic rings. The number of carbonyl (C=O) groups excluding carboxylic acids is 1. The molecule has 0 aromatic heterocycles. The molecule has 1 aromatic carbocycles. The Bertz CT molecular complexity index is 500. The number of carbonyl (C=O) groups is 2. The van der Waals surface area contributed by atoms with Gasteiger partial charge < -0.3 is 10.4 Å². The van der Waals surface area contributed by atoms with Gasteiger partial charge in [0.25, 0.3) is 0 Å². The zero-order valence-electron chi connectivity index (χ0n) is 10.9. The number of rotatable bonds is 6. The molecule has 2 N–H and O–H groups in total. The van der Waals surface area contributed by atoms with Crippen molar-refractivity contribution in [3.8, 4) is 0 Å². The number of thioether (sulfide) groups is 1. The van der Waals surface area contributed by atoms with Crippen molar-refractivity contribution in [2.45, 2.75) is 36.1 Å². The highest BCUT2D eigenvalue weighted by molar-refractivity contribution is 9.10. The second-order valence-corrected chi connectivity index (χ2v) is 6.96. The van der Waals surface area contributed by atoms with Crippen LogP contribution in [0.4, 0.5) is 0 Å². The number of nitrogens with one attached hydrogen (secondary N) is 1. The van der Waals surface area contributed by atoms with E-state index in [0.29, 0.717) is 5.75 Å². The fraction of sp³-hybridized carbons (Fsp3) is 0.429. The fourth-order valence-electron chi connectivity index (χ4n) is 2.25. The highest BCUT2D eigenvalue weighted by atomic mass is 79.9. The number of halogens is 1. The molecule has 2 rings (SSSR count). The van der Waals surface area contributed by atoms with Crippen LogP contribution in [0.25, 0.3) is 0 Å². The van der Waals surface area contributed by atoms with Crippen LogP contribution in [0.2, 0.25) is 0 Å². The number of amides is 1. The molecule has 1 fully saturated rings. The molecule has 108 valence electrons. The smallest absolute Gasteiger partial charge is 0.305 e. The predicted molar refractivity (Wildman–Crippen MR) is 81.8 cm³/mol. The lowest BCUT2D eigenvalue weighted by atomic mass is 9.74. The standard InChI is InChI=1S/C14H16BrNO3S/c15-10-2-4-11(5-3-10)20-9-12(17)16-14(6-1-7-14)8-13(18)19/h2-5H,1,6-9H2,(H,16,17)(H,18,19). The first-order valence-electron chi connectivity index (χ1n) is 6.40. The Labute approximate surface area is 130 Å². The molecule has 4 nitrogen and oxygen atoms in total. The van der Waals surface area contributed by atoms with Crippen LogP contribution in [0.5, 0.6) is 0 Å². The van der Waals surface area contributed by atoms with E-state index in [1.807, 2.05) is 24.3 Å². The van der Waals surface area contributed by atoms with E-state index in [1.165, 1.54) is 11.8 Å². The van der Waals surface area contributed by atoms with E-state index >= 15 is 0 Å². The molecule has 0 spiro atoms. The SMILES string of the molecule is O=C(O)CC1(NC(=O)CSc2ccc(Br)cc2)CCC1. The van der Waals surface area contributed by atoms with Crippen molar-refractivity contribution >= 4 is 39.6 Å². The molecule has 0 saturated heterocycles. The van der Waals surface area contributed by atoms with Crippen LogP contribution in [0.3, 0.4) is 0 Å². The van der Waals surface area contributed by atoms with E-state index in [0.717, 1.165) is 28.6 Å².